The Kier molecular flexibility index (Phi) is 5.80. The van der Waals surface area contributed by atoms with Crippen molar-refractivity contribution in [1.29, 1.82) is 0 Å². The lowest BCUT2D eigenvalue weighted by Gasteiger charge is -2.35. The number of amides is 1. The van der Waals surface area contributed by atoms with E-state index in [9.17, 15) is 28.1 Å². The highest BCUT2D eigenvalue weighted by Crippen LogP contribution is 2.26. The number of nitro benzene ring substituents is 1. The van der Waals surface area contributed by atoms with E-state index in [0.717, 1.165) is 6.07 Å². The molecule has 1 aliphatic rings. The van der Waals surface area contributed by atoms with E-state index in [0.29, 0.717) is 13.1 Å². The topological polar surface area (TPSA) is 114 Å². The fraction of sp³-hybridized carbons (Fsp3) is 0.500. The quantitative estimate of drug-likeness (QED) is 0.405. The van der Waals surface area contributed by atoms with E-state index in [-0.39, 0.29) is 24.3 Å². The summed E-state index contributed by atoms with van der Waals surface area (Å²) in [6.07, 6.45) is -4.52. The molecule has 0 saturated carbocycles. The van der Waals surface area contributed by atoms with Gasteiger partial charge in [0.15, 0.2) is 0 Å². The fourth-order valence-electron chi connectivity index (χ4n) is 2.64. The Morgan fingerprint density at radius 3 is 2.60 bits per heavy atom. The summed E-state index contributed by atoms with van der Waals surface area (Å²) in [5.41, 5.74) is 4.50. The van der Waals surface area contributed by atoms with E-state index in [2.05, 4.69) is 10.6 Å². The number of carbonyl (C=O) groups is 1. The van der Waals surface area contributed by atoms with Crippen molar-refractivity contribution in [2.75, 3.05) is 38.5 Å². The predicted octanol–water partition coefficient (Wildman–Crippen LogP) is 0.743. The van der Waals surface area contributed by atoms with Crippen molar-refractivity contribution in [2.24, 2.45) is 0 Å². The summed E-state index contributed by atoms with van der Waals surface area (Å²) in [6, 6.07) is 1.76. The van der Waals surface area contributed by atoms with E-state index in [4.69, 9.17) is 5.73 Å². The minimum absolute atomic E-state index is 0.207. The van der Waals surface area contributed by atoms with Gasteiger partial charge in [-0.25, -0.2) is 0 Å². The lowest BCUT2D eigenvalue weighted by atomic mass is 10.1. The maximum atomic E-state index is 13.3. The van der Waals surface area contributed by atoms with Crippen LogP contribution < -0.4 is 16.4 Å². The number of carbonyl (C=O) groups excluding carboxylic acids is 1. The van der Waals surface area contributed by atoms with Crippen molar-refractivity contribution < 1.29 is 22.9 Å². The number of para-hydroxylation sites is 1. The minimum Gasteiger partial charge on any atom is -0.393 e. The number of piperazine rings is 1. The van der Waals surface area contributed by atoms with Crippen molar-refractivity contribution in [3.05, 3.63) is 33.9 Å². The highest BCUT2D eigenvalue weighted by atomic mass is 19.4. The van der Waals surface area contributed by atoms with Crippen LogP contribution in [-0.2, 0) is 0 Å². The van der Waals surface area contributed by atoms with Gasteiger partial charge in [0, 0.05) is 38.8 Å². The van der Waals surface area contributed by atoms with Crippen LogP contribution >= 0.6 is 0 Å². The molecular weight excluding hydrogens is 343 g/mol. The van der Waals surface area contributed by atoms with Crippen LogP contribution in [0.3, 0.4) is 0 Å². The van der Waals surface area contributed by atoms with E-state index < -0.39 is 35.3 Å². The Hall–Kier alpha value is -2.40. The van der Waals surface area contributed by atoms with Crippen molar-refractivity contribution in [1.82, 2.24) is 15.5 Å². The van der Waals surface area contributed by atoms with Crippen LogP contribution in [0.1, 0.15) is 10.4 Å². The lowest BCUT2D eigenvalue weighted by Crippen LogP contribution is -2.57. The molecule has 1 heterocycles. The molecule has 0 spiro atoms. The maximum absolute atomic E-state index is 13.3. The molecule has 2 rings (SSSR count). The van der Waals surface area contributed by atoms with Crippen LogP contribution in [0.2, 0.25) is 0 Å². The van der Waals surface area contributed by atoms with Crippen LogP contribution in [-0.4, -0.2) is 60.7 Å². The monoisotopic (exact) mass is 361 g/mol. The molecule has 25 heavy (non-hydrogen) atoms. The van der Waals surface area contributed by atoms with Gasteiger partial charge in [-0.3, -0.25) is 19.8 Å². The summed E-state index contributed by atoms with van der Waals surface area (Å²) in [6.45, 7) is 0.610. The van der Waals surface area contributed by atoms with Crippen LogP contribution in [0.5, 0.6) is 0 Å². The number of nitrogens with two attached hydrogens (primary N) is 1. The first-order valence-corrected chi connectivity index (χ1v) is 7.54. The van der Waals surface area contributed by atoms with Gasteiger partial charge in [0.1, 0.15) is 11.7 Å². The summed E-state index contributed by atoms with van der Waals surface area (Å²) in [5, 5.41) is 16.0. The average molecular weight is 361 g/mol. The number of halogens is 3. The Labute approximate surface area is 141 Å². The summed E-state index contributed by atoms with van der Waals surface area (Å²) in [4.78, 5) is 23.5. The number of rotatable bonds is 5. The largest absolute Gasteiger partial charge is 0.405 e. The van der Waals surface area contributed by atoms with Crippen molar-refractivity contribution in [2.45, 2.75) is 12.2 Å². The molecule has 1 unspecified atom stereocenters. The van der Waals surface area contributed by atoms with Gasteiger partial charge < -0.3 is 16.4 Å². The summed E-state index contributed by atoms with van der Waals surface area (Å²) < 4.78 is 39.8. The van der Waals surface area contributed by atoms with Gasteiger partial charge in [0.2, 0.25) is 0 Å². The Balaban J connectivity index is 2.11. The fourth-order valence-corrected chi connectivity index (χ4v) is 2.64. The van der Waals surface area contributed by atoms with Crippen LogP contribution in [0, 0.1) is 10.1 Å². The molecular formula is C14H18F3N5O3. The standard InChI is InChI=1S/C14H18F3N5O3/c15-14(16,17)11(21-6-4-19-5-7-21)8-20-13(23)9-2-1-3-10(12(9)18)22(24)25/h1-3,11,19H,4-8,18H2,(H,20,23). The Morgan fingerprint density at radius 1 is 1.40 bits per heavy atom. The SMILES string of the molecule is Nc1c(C(=O)NCC(N2CCNCC2)C(F)(F)F)cccc1[N+](=O)[O-]. The van der Waals surface area contributed by atoms with Gasteiger partial charge in [0.25, 0.3) is 11.6 Å². The first kappa shape index (κ1) is 18.9. The molecule has 0 bridgehead atoms. The average Bonchev–Trinajstić information content (AvgIpc) is 2.54. The molecule has 11 heteroatoms. The molecule has 1 aliphatic heterocycles. The van der Waals surface area contributed by atoms with Crippen LogP contribution in [0.4, 0.5) is 24.5 Å². The summed E-state index contributed by atoms with van der Waals surface area (Å²) in [5.74, 6) is -0.884. The minimum atomic E-state index is -4.52. The molecule has 1 atom stereocenters. The molecule has 1 aromatic carbocycles. The molecule has 1 aromatic rings. The van der Waals surface area contributed by atoms with Gasteiger partial charge in [-0.2, -0.15) is 13.2 Å². The zero-order valence-electron chi connectivity index (χ0n) is 13.2. The molecule has 138 valence electrons. The lowest BCUT2D eigenvalue weighted by molar-refractivity contribution is -0.383. The molecule has 1 amide bonds. The van der Waals surface area contributed by atoms with Gasteiger partial charge in [-0.15, -0.1) is 0 Å². The van der Waals surface area contributed by atoms with Crippen molar-refractivity contribution >= 4 is 17.3 Å². The van der Waals surface area contributed by atoms with Crippen LogP contribution in [0.15, 0.2) is 18.2 Å². The normalized spacial score (nSPS) is 17.1. The summed E-state index contributed by atoms with van der Waals surface area (Å²) >= 11 is 0. The number of nitro groups is 1. The third kappa shape index (κ3) is 4.57. The highest BCUT2D eigenvalue weighted by molar-refractivity contribution is 6.00. The molecule has 0 aromatic heterocycles. The van der Waals surface area contributed by atoms with Crippen LogP contribution in [0.25, 0.3) is 0 Å². The zero-order valence-corrected chi connectivity index (χ0v) is 13.2. The maximum Gasteiger partial charge on any atom is 0.405 e. The van der Waals surface area contributed by atoms with E-state index in [1.165, 1.54) is 17.0 Å². The highest BCUT2D eigenvalue weighted by Gasteiger charge is 2.43. The number of hydrogen-bond acceptors (Lipinski definition) is 6. The number of nitrogens with zero attached hydrogens (tertiary/aromatic N) is 2. The second-order valence-electron chi connectivity index (χ2n) is 5.55. The predicted molar refractivity (Wildman–Crippen MR) is 84.1 cm³/mol. The molecule has 8 nitrogen and oxygen atoms in total. The first-order chi connectivity index (χ1) is 11.7. The zero-order chi connectivity index (χ0) is 18.6. The molecule has 1 saturated heterocycles. The van der Waals surface area contributed by atoms with Crippen molar-refractivity contribution in [3.8, 4) is 0 Å². The Morgan fingerprint density at radius 2 is 2.04 bits per heavy atom. The van der Waals surface area contributed by atoms with Gasteiger partial charge in [-0.05, 0) is 6.07 Å². The number of benzene rings is 1. The Bertz CT molecular complexity index is 647. The van der Waals surface area contributed by atoms with E-state index >= 15 is 0 Å². The number of anilines is 1. The molecule has 0 radical (unpaired) electrons. The third-order valence-electron chi connectivity index (χ3n) is 3.95. The van der Waals surface area contributed by atoms with Gasteiger partial charge in [-0.1, -0.05) is 6.07 Å². The smallest absolute Gasteiger partial charge is 0.393 e. The number of alkyl halides is 3. The molecule has 0 aliphatic carbocycles. The third-order valence-corrected chi connectivity index (χ3v) is 3.95. The molecule has 4 N–H and O–H groups in total. The second kappa shape index (κ2) is 7.66. The van der Waals surface area contributed by atoms with Crippen molar-refractivity contribution in [3.63, 3.8) is 0 Å². The van der Waals surface area contributed by atoms with Gasteiger partial charge >= 0.3 is 6.18 Å². The number of hydrogen-bond donors (Lipinski definition) is 3. The first-order valence-electron chi connectivity index (χ1n) is 7.54. The van der Waals surface area contributed by atoms with E-state index in [1.54, 1.807) is 0 Å². The number of nitrogen functional groups attached to an aromatic ring is 1. The number of nitrogens with one attached hydrogen (secondary N) is 2. The summed E-state index contributed by atoms with van der Waals surface area (Å²) in [7, 11) is 0. The molecule has 1 fully saturated rings. The van der Waals surface area contributed by atoms with E-state index in [1.807, 2.05) is 0 Å². The second-order valence-corrected chi connectivity index (χ2v) is 5.55. The van der Waals surface area contributed by atoms with Gasteiger partial charge in [0.05, 0.1) is 10.5 Å².